The van der Waals surface area contributed by atoms with Gasteiger partial charge in [-0.05, 0) is 24.1 Å². The Balaban J connectivity index is 1.79. The lowest BCUT2D eigenvalue weighted by atomic mass is 10.0. The van der Waals surface area contributed by atoms with Gasteiger partial charge < -0.3 is 14.9 Å². The zero-order chi connectivity index (χ0) is 17.3. The lowest BCUT2D eigenvalue weighted by molar-refractivity contribution is -0.141. The van der Waals surface area contributed by atoms with Crippen molar-refractivity contribution in [2.75, 3.05) is 25.5 Å². The minimum Gasteiger partial charge on any atom is -0.378 e. The second-order valence-electron chi connectivity index (χ2n) is 5.98. The van der Waals surface area contributed by atoms with Crippen LogP contribution in [0.5, 0.6) is 0 Å². The van der Waals surface area contributed by atoms with Gasteiger partial charge in [0.05, 0.1) is 12.2 Å². The molecular weight excluding hydrogens is 328 g/mol. The van der Waals surface area contributed by atoms with Crippen LogP contribution in [0, 0.1) is 0 Å². The van der Waals surface area contributed by atoms with E-state index in [1.165, 1.54) is 6.33 Å². The Morgan fingerprint density at radius 2 is 2.00 bits per heavy atom. The highest BCUT2D eigenvalue weighted by molar-refractivity contribution is 6.30. The molecule has 1 atom stereocenters. The van der Waals surface area contributed by atoms with Crippen molar-refractivity contribution in [3.05, 3.63) is 52.4 Å². The van der Waals surface area contributed by atoms with Crippen molar-refractivity contribution < 1.29 is 9.90 Å². The summed E-state index contributed by atoms with van der Waals surface area (Å²) < 4.78 is 0. The van der Waals surface area contributed by atoms with Crippen molar-refractivity contribution in [1.82, 2.24) is 14.9 Å². The van der Waals surface area contributed by atoms with Gasteiger partial charge in [0, 0.05) is 31.2 Å². The molecule has 1 aliphatic rings. The normalized spacial score (nSPS) is 14.9. The number of rotatable bonds is 3. The van der Waals surface area contributed by atoms with Crippen LogP contribution in [-0.2, 0) is 17.8 Å². The van der Waals surface area contributed by atoms with Gasteiger partial charge in [-0.2, -0.15) is 0 Å². The minimum absolute atomic E-state index is 0.326. The summed E-state index contributed by atoms with van der Waals surface area (Å²) in [4.78, 5) is 24.8. The van der Waals surface area contributed by atoms with Gasteiger partial charge >= 0.3 is 0 Å². The Morgan fingerprint density at radius 3 is 2.67 bits per heavy atom. The Morgan fingerprint density at radius 1 is 1.29 bits per heavy atom. The number of carbonyl (C=O) groups excluding carboxylic acids is 1. The van der Waals surface area contributed by atoms with E-state index < -0.39 is 6.10 Å². The summed E-state index contributed by atoms with van der Waals surface area (Å²) in [6.45, 7) is 0.910. The SMILES string of the molecule is CN(C)c1ncnc2c1CCN(C(=O)C(O)c1ccc(Cl)cc1)C2. The monoisotopic (exact) mass is 346 g/mol. The van der Waals surface area contributed by atoms with Crippen LogP contribution < -0.4 is 4.90 Å². The average Bonchev–Trinajstić information content (AvgIpc) is 2.60. The number of nitrogens with zero attached hydrogens (tertiary/aromatic N) is 4. The van der Waals surface area contributed by atoms with Crippen molar-refractivity contribution in [2.45, 2.75) is 19.1 Å². The van der Waals surface area contributed by atoms with E-state index in [2.05, 4.69) is 9.97 Å². The topological polar surface area (TPSA) is 69.6 Å². The van der Waals surface area contributed by atoms with Gasteiger partial charge in [0.15, 0.2) is 6.10 Å². The first-order chi connectivity index (χ1) is 11.5. The van der Waals surface area contributed by atoms with Crippen LogP contribution in [-0.4, -0.2) is 46.5 Å². The summed E-state index contributed by atoms with van der Waals surface area (Å²) in [6, 6.07) is 6.65. The smallest absolute Gasteiger partial charge is 0.256 e. The predicted octanol–water partition coefficient (Wildman–Crippen LogP) is 1.81. The number of anilines is 1. The molecule has 1 aliphatic heterocycles. The standard InChI is InChI=1S/C17H19ClN4O2/c1-21(2)16-13-7-8-22(9-14(13)19-10-20-16)17(24)15(23)11-3-5-12(18)6-4-11/h3-6,10,15,23H,7-9H2,1-2H3. The van der Waals surface area contributed by atoms with Gasteiger partial charge in [-0.15, -0.1) is 0 Å². The number of fused-ring (bicyclic) bond motifs is 1. The van der Waals surface area contributed by atoms with E-state index in [0.29, 0.717) is 30.1 Å². The predicted molar refractivity (Wildman–Crippen MR) is 91.9 cm³/mol. The fraction of sp³-hybridized carbons (Fsp3) is 0.353. The number of aromatic nitrogens is 2. The molecular formula is C17H19ClN4O2. The molecule has 0 saturated heterocycles. The molecule has 0 saturated carbocycles. The third-order valence-corrected chi connectivity index (χ3v) is 4.39. The van der Waals surface area contributed by atoms with Crippen LogP contribution in [0.4, 0.5) is 5.82 Å². The average molecular weight is 347 g/mol. The van der Waals surface area contributed by atoms with Crippen LogP contribution in [0.1, 0.15) is 22.9 Å². The molecule has 0 bridgehead atoms. The fourth-order valence-corrected chi connectivity index (χ4v) is 3.00. The van der Waals surface area contributed by atoms with E-state index in [4.69, 9.17) is 11.6 Å². The Hall–Kier alpha value is -2.18. The molecule has 1 aromatic heterocycles. The van der Waals surface area contributed by atoms with Crippen molar-refractivity contribution in [3.63, 3.8) is 0 Å². The molecule has 1 N–H and O–H groups in total. The summed E-state index contributed by atoms with van der Waals surface area (Å²) in [5, 5.41) is 10.9. The Kier molecular flexibility index (Phi) is 4.69. The third-order valence-electron chi connectivity index (χ3n) is 4.14. The van der Waals surface area contributed by atoms with Crippen LogP contribution in [0.25, 0.3) is 0 Å². The maximum absolute atomic E-state index is 12.6. The van der Waals surface area contributed by atoms with E-state index in [1.54, 1.807) is 29.2 Å². The molecule has 2 heterocycles. The molecule has 3 rings (SSSR count). The quantitative estimate of drug-likeness (QED) is 0.918. The number of halogens is 1. The molecule has 24 heavy (non-hydrogen) atoms. The lowest BCUT2D eigenvalue weighted by Crippen LogP contribution is -2.40. The fourth-order valence-electron chi connectivity index (χ4n) is 2.87. The van der Waals surface area contributed by atoms with Crippen molar-refractivity contribution >= 4 is 23.3 Å². The van der Waals surface area contributed by atoms with Crippen LogP contribution in [0.15, 0.2) is 30.6 Å². The summed E-state index contributed by atoms with van der Waals surface area (Å²) in [5.74, 6) is 0.554. The van der Waals surface area contributed by atoms with Gasteiger partial charge in [0.2, 0.25) is 0 Å². The van der Waals surface area contributed by atoms with Crippen molar-refractivity contribution in [2.24, 2.45) is 0 Å². The summed E-state index contributed by atoms with van der Waals surface area (Å²) in [6.07, 6.45) is 0.986. The van der Waals surface area contributed by atoms with E-state index >= 15 is 0 Å². The molecule has 0 spiro atoms. The molecule has 0 aliphatic carbocycles. The Bertz CT molecular complexity index is 749. The maximum atomic E-state index is 12.6. The van der Waals surface area contributed by atoms with E-state index in [-0.39, 0.29) is 5.91 Å². The minimum atomic E-state index is -1.20. The highest BCUT2D eigenvalue weighted by Gasteiger charge is 2.29. The third kappa shape index (κ3) is 3.20. The van der Waals surface area contributed by atoms with Gasteiger partial charge in [0.25, 0.3) is 5.91 Å². The number of hydrogen-bond acceptors (Lipinski definition) is 5. The maximum Gasteiger partial charge on any atom is 0.256 e. The Labute approximate surface area is 145 Å². The zero-order valence-electron chi connectivity index (χ0n) is 13.6. The van der Waals surface area contributed by atoms with E-state index in [9.17, 15) is 9.90 Å². The van der Waals surface area contributed by atoms with Crippen molar-refractivity contribution in [3.8, 4) is 0 Å². The van der Waals surface area contributed by atoms with Gasteiger partial charge in [-0.25, -0.2) is 9.97 Å². The van der Waals surface area contributed by atoms with Gasteiger partial charge in [0.1, 0.15) is 12.1 Å². The molecule has 6 nitrogen and oxygen atoms in total. The largest absolute Gasteiger partial charge is 0.378 e. The number of aliphatic hydroxyl groups excluding tert-OH is 1. The first-order valence-electron chi connectivity index (χ1n) is 7.69. The second-order valence-corrected chi connectivity index (χ2v) is 6.42. The summed E-state index contributed by atoms with van der Waals surface area (Å²) in [5.41, 5.74) is 2.43. The van der Waals surface area contributed by atoms with Gasteiger partial charge in [-0.3, -0.25) is 4.79 Å². The number of benzene rings is 1. The highest BCUT2D eigenvalue weighted by Crippen LogP contribution is 2.26. The van der Waals surface area contributed by atoms with Crippen LogP contribution in [0.3, 0.4) is 0 Å². The first kappa shape index (κ1) is 16.7. The van der Waals surface area contributed by atoms with Crippen LogP contribution >= 0.6 is 11.6 Å². The molecule has 126 valence electrons. The number of carbonyl (C=O) groups is 1. The first-order valence-corrected chi connectivity index (χ1v) is 8.07. The van der Waals surface area contributed by atoms with E-state index in [0.717, 1.165) is 17.1 Å². The number of aliphatic hydroxyl groups is 1. The second kappa shape index (κ2) is 6.75. The summed E-state index contributed by atoms with van der Waals surface area (Å²) >= 11 is 5.85. The van der Waals surface area contributed by atoms with Crippen molar-refractivity contribution in [1.29, 1.82) is 0 Å². The van der Waals surface area contributed by atoms with Gasteiger partial charge in [-0.1, -0.05) is 23.7 Å². The molecule has 1 aromatic carbocycles. The van der Waals surface area contributed by atoms with Crippen LogP contribution in [0.2, 0.25) is 5.02 Å². The lowest BCUT2D eigenvalue weighted by Gasteiger charge is -2.31. The zero-order valence-corrected chi connectivity index (χ0v) is 14.4. The molecule has 1 unspecified atom stereocenters. The number of hydrogen-bond donors (Lipinski definition) is 1. The van der Waals surface area contributed by atoms with E-state index in [1.807, 2.05) is 19.0 Å². The molecule has 2 aromatic rings. The molecule has 0 fully saturated rings. The highest BCUT2D eigenvalue weighted by atomic mass is 35.5. The molecule has 1 amide bonds. The number of amides is 1. The molecule has 7 heteroatoms. The molecule has 0 radical (unpaired) electrons. The summed E-state index contributed by atoms with van der Waals surface area (Å²) in [7, 11) is 3.87.